The van der Waals surface area contributed by atoms with Gasteiger partial charge in [-0.2, -0.15) is 0 Å². The molecule has 4 rings (SSSR count). The van der Waals surface area contributed by atoms with Crippen LogP contribution in [0.3, 0.4) is 0 Å². The number of ether oxygens (including phenoxy) is 2. The van der Waals surface area contributed by atoms with Crippen molar-refractivity contribution in [2.24, 2.45) is 0 Å². The standard InChI is InChI=1S/C23H20BrNO3S/c1-27-21-12-9-17(24)15-20(21)23-25(13-14-29-23)22(26)16-7-10-19(11-8-16)28-18-5-3-2-4-6-18/h2-12,15,23H,13-14H2,1H3. The lowest BCUT2D eigenvalue weighted by atomic mass is 10.1. The van der Waals surface area contributed by atoms with Crippen molar-refractivity contribution in [3.8, 4) is 17.2 Å². The van der Waals surface area contributed by atoms with Crippen LogP contribution in [0, 0.1) is 0 Å². The van der Waals surface area contributed by atoms with E-state index in [-0.39, 0.29) is 11.3 Å². The Balaban J connectivity index is 1.53. The predicted molar refractivity (Wildman–Crippen MR) is 120 cm³/mol. The van der Waals surface area contributed by atoms with Gasteiger partial charge in [0, 0.05) is 27.9 Å². The molecular weight excluding hydrogens is 450 g/mol. The smallest absolute Gasteiger partial charge is 0.255 e. The first-order valence-electron chi connectivity index (χ1n) is 9.24. The summed E-state index contributed by atoms with van der Waals surface area (Å²) in [6.45, 7) is 0.700. The van der Waals surface area contributed by atoms with Gasteiger partial charge >= 0.3 is 0 Å². The number of methoxy groups -OCH3 is 1. The molecule has 1 saturated heterocycles. The van der Waals surface area contributed by atoms with Crippen molar-refractivity contribution >= 4 is 33.6 Å². The number of halogens is 1. The molecule has 1 fully saturated rings. The largest absolute Gasteiger partial charge is 0.496 e. The third-order valence-electron chi connectivity index (χ3n) is 4.69. The summed E-state index contributed by atoms with van der Waals surface area (Å²) in [6.07, 6.45) is 0. The number of hydrogen-bond acceptors (Lipinski definition) is 4. The monoisotopic (exact) mass is 469 g/mol. The Bertz CT molecular complexity index is 995. The van der Waals surface area contributed by atoms with Crippen molar-refractivity contribution in [2.75, 3.05) is 19.4 Å². The zero-order valence-electron chi connectivity index (χ0n) is 15.9. The summed E-state index contributed by atoms with van der Waals surface area (Å²) in [7, 11) is 1.66. The Morgan fingerprint density at radius 2 is 1.76 bits per heavy atom. The van der Waals surface area contributed by atoms with Crippen LogP contribution in [-0.2, 0) is 0 Å². The van der Waals surface area contributed by atoms with Gasteiger partial charge in [0.25, 0.3) is 5.91 Å². The minimum atomic E-state index is -0.0739. The molecule has 0 radical (unpaired) electrons. The fourth-order valence-corrected chi connectivity index (χ4v) is 4.94. The third-order valence-corrected chi connectivity index (χ3v) is 6.43. The first-order valence-corrected chi connectivity index (χ1v) is 11.1. The van der Waals surface area contributed by atoms with Crippen LogP contribution in [0.25, 0.3) is 0 Å². The van der Waals surface area contributed by atoms with Gasteiger partial charge in [-0.25, -0.2) is 0 Å². The van der Waals surface area contributed by atoms with Crippen LogP contribution in [-0.4, -0.2) is 30.2 Å². The highest BCUT2D eigenvalue weighted by molar-refractivity contribution is 9.10. The highest BCUT2D eigenvalue weighted by Crippen LogP contribution is 2.43. The molecular formula is C23H20BrNO3S. The zero-order chi connectivity index (χ0) is 20.2. The molecule has 1 atom stereocenters. The van der Waals surface area contributed by atoms with Crippen molar-refractivity contribution in [3.63, 3.8) is 0 Å². The van der Waals surface area contributed by atoms with Gasteiger partial charge < -0.3 is 14.4 Å². The van der Waals surface area contributed by atoms with Gasteiger partial charge in [-0.3, -0.25) is 4.79 Å². The van der Waals surface area contributed by atoms with Gasteiger partial charge in [0.2, 0.25) is 0 Å². The fourth-order valence-electron chi connectivity index (χ4n) is 3.29. The molecule has 0 spiro atoms. The summed E-state index contributed by atoms with van der Waals surface area (Å²) in [6, 6.07) is 22.8. The molecule has 1 aliphatic rings. The first kappa shape index (κ1) is 19.9. The molecule has 0 aliphatic carbocycles. The molecule has 6 heteroatoms. The number of para-hydroxylation sites is 1. The second-order valence-corrected chi connectivity index (χ2v) is 8.65. The zero-order valence-corrected chi connectivity index (χ0v) is 18.3. The molecule has 1 aliphatic heterocycles. The molecule has 1 unspecified atom stereocenters. The molecule has 1 amide bonds. The molecule has 0 bridgehead atoms. The SMILES string of the molecule is COc1ccc(Br)cc1C1SCCN1C(=O)c1ccc(Oc2ccccc2)cc1. The van der Waals surface area contributed by atoms with Crippen LogP contribution >= 0.6 is 27.7 Å². The Kier molecular flexibility index (Phi) is 6.11. The molecule has 4 nitrogen and oxygen atoms in total. The van der Waals surface area contributed by atoms with Crippen molar-refractivity contribution in [1.82, 2.24) is 4.90 Å². The fraction of sp³-hybridized carbons (Fsp3) is 0.174. The lowest BCUT2D eigenvalue weighted by Crippen LogP contribution is -2.30. The van der Waals surface area contributed by atoms with Crippen molar-refractivity contribution in [3.05, 3.63) is 88.4 Å². The van der Waals surface area contributed by atoms with E-state index in [1.165, 1.54) is 0 Å². The summed E-state index contributed by atoms with van der Waals surface area (Å²) < 4.78 is 12.3. The van der Waals surface area contributed by atoms with Crippen molar-refractivity contribution in [2.45, 2.75) is 5.37 Å². The molecule has 3 aromatic rings. The van der Waals surface area contributed by atoms with E-state index in [1.807, 2.05) is 77.7 Å². The summed E-state index contributed by atoms with van der Waals surface area (Å²) in [5, 5.41) is -0.0739. The highest BCUT2D eigenvalue weighted by Gasteiger charge is 2.33. The minimum Gasteiger partial charge on any atom is -0.496 e. The number of carbonyl (C=O) groups excluding carboxylic acids is 1. The maximum atomic E-state index is 13.2. The lowest BCUT2D eigenvalue weighted by Gasteiger charge is -2.25. The molecule has 0 aromatic heterocycles. The number of benzene rings is 3. The average molecular weight is 470 g/mol. The van der Waals surface area contributed by atoms with Crippen LogP contribution in [0.5, 0.6) is 17.2 Å². The van der Waals surface area contributed by atoms with E-state index in [1.54, 1.807) is 18.9 Å². The number of nitrogens with zero attached hydrogens (tertiary/aromatic N) is 1. The maximum absolute atomic E-state index is 13.2. The second kappa shape index (κ2) is 8.93. The molecule has 0 saturated carbocycles. The predicted octanol–water partition coefficient (Wildman–Crippen LogP) is 6.14. The van der Waals surface area contributed by atoms with Crippen molar-refractivity contribution < 1.29 is 14.3 Å². The van der Waals surface area contributed by atoms with Gasteiger partial charge in [0.1, 0.15) is 22.6 Å². The second-order valence-electron chi connectivity index (χ2n) is 6.55. The summed E-state index contributed by atoms with van der Waals surface area (Å²) in [5.74, 6) is 3.16. The Hall–Kier alpha value is -2.44. The van der Waals surface area contributed by atoms with Crippen LogP contribution in [0.15, 0.2) is 77.3 Å². The van der Waals surface area contributed by atoms with E-state index in [2.05, 4.69) is 15.9 Å². The number of hydrogen-bond donors (Lipinski definition) is 0. The van der Waals surface area contributed by atoms with Gasteiger partial charge in [0.15, 0.2) is 0 Å². The number of amides is 1. The van der Waals surface area contributed by atoms with E-state index in [0.717, 1.165) is 27.3 Å². The van der Waals surface area contributed by atoms with E-state index in [4.69, 9.17) is 9.47 Å². The van der Waals surface area contributed by atoms with Crippen LogP contribution in [0.4, 0.5) is 0 Å². The Morgan fingerprint density at radius 1 is 1.03 bits per heavy atom. The average Bonchev–Trinajstić information content (AvgIpc) is 3.24. The highest BCUT2D eigenvalue weighted by atomic mass is 79.9. The maximum Gasteiger partial charge on any atom is 0.255 e. The lowest BCUT2D eigenvalue weighted by molar-refractivity contribution is 0.0759. The van der Waals surface area contributed by atoms with Crippen LogP contribution in [0.1, 0.15) is 21.3 Å². The van der Waals surface area contributed by atoms with Crippen LogP contribution < -0.4 is 9.47 Å². The topological polar surface area (TPSA) is 38.8 Å². The Labute approximate surface area is 183 Å². The van der Waals surface area contributed by atoms with E-state index < -0.39 is 0 Å². The van der Waals surface area contributed by atoms with Gasteiger partial charge in [-0.1, -0.05) is 34.1 Å². The Morgan fingerprint density at radius 3 is 2.48 bits per heavy atom. The normalized spacial score (nSPS) is 15.9. The number of carbonyl (C=O) groups is 1. The number of rotatable bonds is 5. The molecule has 1 heterocycles. The number of thioether (sulfide) groups is 1. The van der Waals surface area contributed by atoms with Crippen LogP contribution in [0.2, 0.25) is 0 Å². The summed E-state index contributed by atoms with van der Waals surface area (Å²) in [4.78, 5) is 15.1. The molecule has 0 N–H and O–H groups in total. The summed E-state index contributed by atoms with van der Waals surface area (Å²) >= 11 is 5.28. The van der Waals surface area contributed by atoms with E-state index in [9.17, 15) is 4.79 Å². The van der Waals surface area contributed by atoms with E-state index in [0.29, 0.717) is 17.9 Å². The minimum absolute atomic E-state index is 0.00768. The van der Waals surface area contributed by atoms with Gasteiger partial charge in [-0.15, -0.1) is 11.8 Å². The molecule has 29 heavy (non-hydrogen) atoms. The van der Waals surface area contributed by atoms with Crippen molar-refractivity contribution in [1.29, 1.82) is 0 Å². The van der Waals surface area contributed by atoms with Gasteiger partial charge in [-0.05, 0) is 54.6 Å². The third kappa shape index (κ3) is 4.43. The molecule has 3 aromatic carbocycles. The summed E-state index contributed by atoms with van der Waals surface area (Å²) in [5.41, 5.74) is 1.65. The first-order chi connectivity index (χ1) is 14.2. The molecule has 148 valence electrons. The quantitative estimate of drug-likeness (QED) is 0.449. The van der Waals surface area contributed by atoms with Gasteiger partial charge in [0.05, 0.1) is 7.11 Å². The van der Waals surface area contributed by atoms with E-state index >= 15 is 0 Å².